The molecule has 3 heteroatoms. The first-order valence-electron chi connectivity index (χ1n) is 5.73. The summed E-state index contributed by atoms with van der Waals surface area (Å²) in [6, 6.07) is 5.57. The van der Waals surface area contributed by atoms with Crippen molar-refractivity contribution >= 4 is 15.9 Å². The van der Waals surface area contributed by atoms with Gasteiger partial charge in [-0.25, -0.2) is 4.39 Å². The fourth-order valence-corrected chi connectivity index (χ4v) is 2.21. The van der Waals surface area contributed by atoms with Gasteiger partial charge in [0.2, 0.25) is 0 Å². The second kappa shape index (κ2) is 6.36. The molecule has 1 aromatic carbocycles. The fourth-order valence-electron chi connectivity index (χ4n) is 1.83. The van der Waals surface area contributed by atoms with Crippen LogP contribution < -0.4 is 5.32 Å². The van der Waals surface area contributed by atoms with Crippen LogP contribution >= 0.6 is 15.9 Å². The van der Waals surface area contributed by atoms with Gasteiger partial charge in [-0.1, -0.05) is 32.9 Å². The smallest absolute Gasteiger partial charge is 0.142 e. The van der Waals surface area contributed by atoms with Crippen LogP contribution in [0.25, 0.3) is 0 Å². The Morgan fingerprint density at radius 3 is 2.62 bits per heavy atom. The molecule has 0 fully saturated rings. The predicted molar refractivity (Wildman–Crippen MR) is 70.0 cm³/mol. The maximum Gasteiger partial charge on any atom is 0.142 e. The quantitative estimate of drug-likeness (QED) is 0.852. The van der Waals surface area contributed by atoms with E-state index < -0.39 is 0 Å². The highest BCUT2D eigenvalue weighted by Crippen LogP contribution is 2.27. The maximum atomic E-state index is 13.9. The van der Waals surface area contributed by atoms with Crippen LogP contribution in [0.3, 0.4) is 0 Å². The monoisotopic (exact) mass is 287 g/mol. The van der Waals surface area contributed by atoms with Crippen molar-refractivity contribution < 1.29 is 4.39 Å². The van der Waals surface area contributed by atoms with Gasteiger partial charge in [0, 0.05) is 11.6 Å². The first kappa shape index (κ1) is 13.7. The summed E-state index contributed by atoms with van der Waals surface area (Å²) in [5.41, 5.74) is 0.755. The molecule has 16 heavy (non-hydrogen) atoms. The van der Waals surface area contributed by atoms with E-state index in [0.717, 1.165) is 18.5 Å². The molecule has 0 aromatic heterocycles. The highest BCUT2D eigenvalue weighted by Gasteiger charge is 2.17. The zero-order valence-electron chi connectivity index (χ0n) is 10.1. The second-order valence-electron chi connectivity index (χ2n) is 4.38. The van der Waals surface area contributed by atoms with Crippen molar-refractivity contribution in [3.8, 4) is 0 Å². The molecule has 1 N–H and O–H groups in total. The molecule has 0 bridgehead atoms. The molecule has 0 heterocycles. The molecule has 0 radical (unpaired) electrons. The molecular formula is C13H19BrFN. The van der Waals surface area contributed by atoms with E-state index in [1.165, 1.54) is 0 Å². The van der Waals surface area contributed by atoms with Crippen LogP contribution in [-0.2, 0) is 0 Å². The summed E-state index contributed by atoms with van der Waals surface area (Å²) in [6.45, 7) is 7.20. The Kier molecular flexibility index (Phi) is 5.42. The molecule has 90 valence electrons. The van der Waals surface area contributed by atoms with Gasteiger partial charge in [-0.15, -0.1) is 0 Å². The van der Waals surface area contributed by atoms with E-state index in [1.807, 2.05) is 19.1 Å². The Hall–Kier alpha value is -0.410. The first-order valence-corrected chi connectivity index (χ1v) is 6.52. The number of hydrogen-bond donors (Lipinski definition) is 1. The van der Waals surface area contributed by atoms with Crippen LogP contribution in [0.5, 0.6) is 0 Å². The van der Waals surface area contributed by atoms with E-state index in [9.17, 15) is 4.39 Å². The summed E-state index contributed by atoms with van der Waals surface area (Å²) in [5.74, 6) is 0.400. The van der Waals surface area contributed by atoms with Gasteiger partial charge in [-0.05, 0) is 40.9 Å². The van der Waals surface area contributed by atoms with Gasteiger partial charge in [-0.2, -0.15) is 0 Å². The third-order valence-corrected chi connectivity index (χ3v) is 3.13. The lowest BCUT2D eigenvalue weighted by Crippen LogP contribution is -2.23. The Bertz CT molecular complexity index is 339. The lowest BCUT2D eigenvalue weighted by Gasteiger charge is -2.21. The van der Waals surface area contributed by atoms with Crippen LogP contribution in [0.4, 0.5) is 4.39 Å². The van der Waals surface area contributed by atoms with E-state index in [1.54, 1.807) is 6.07 Å². The largest absolute Gasteiger partial charge is 0.310 e. The van der Waals surface area contributed by atoms with Gasteiger partial charge >= 0.3 is 0 Å². The molecule has 0 amide bonds. The summed E-state index contributed by atoms with van der Waals surface area (Å²) in [5, 5.41) is 3.34. The van der Waals surface area contributed by atoms with Gasteiger partial charge in [0.1, 0.15) is 5.82 Å². The highest BCUT2D eigenvalue weighted by molar-refractivity contribution is 9.10. The van der Waals surface area contributed by atoms with Gasteiger partial charge in [0.15, 0.2) is 0 Å². The van der Waals surface area contributed by atoms with Crippen molar-refractivity contribution in [1.82, 2.24) is 5.32 Å². The van der Waals surface area contributed by atoms with E-state index in [4.69, 9.17) is 0 Å². The molecule has 0 saturated carbocycles. The van der Waals surface area contributed by atoms with Crippen molar-refractivity contribution in [2.24, 2.45) is 5.92 Å². The topological polar surface area (TPSA) is 12.0 Å². The van der Waals surface area contributed by atoms with E-state index in [2.05, 4.69) is 35.1 Å². The maximum absolute atomic E-state index is 13.9. The predicted octanol–water partition coefficient (Wildman–Crippen LogP) is 4.28. The molecular weight excluding hydrogens is 269 g/mol. The summed E-state index contributed by atoms with van der Waals surface area (Å²) >= 11 is 3.23. The van der Waals surface area contributed by atoms with Gasteiger partial charge in [-0.3, -0.25) is 0 Å². The van der Waals surface area contributed by atoms with Crippen molar-refractivity contribution in [1.29, 1.82) is 0 Å². The van der Waals surface area contributed by atoms with Crippen LogP contribution in [0.1, 0.15) is 38.8 Å². The lowest BCUT2D eigenvalue weighted by atomic mass is 9.96. The first-order chi connectivity index (χ1) is 7.56. The third kappa shape index (κ3) is 3.56. The van der Waals surface area contributed by atoms with Crippen molar-refractivity contribution in [3.63, 3.8) is 0 Å². The summed E-state index contributed by atoms with van der Waals surface area (Å²) in [7, 11) is 0. The van der Waals surface area contributed by atoms with Gasteiger partial charge in [0.25, 0.3) is 0 Å². The SMILES string of the molecule is CCNC(CC(C)C)c1cccc(Br)c1F. The summed E-state index contributed by atoms with van der Waals surface area (Å²) < 4.78 is 14.5. The van der Waals surface area contributed by atoms with E-state index in [-0.39, 0.29) is 11.9 Å². The fraction of sp³-hybridized carbons (Fsp3) is 0.538. The van der Waals surface area contributed by atoms with E-state index >= 15 is 0 Å². The molecule has 0 aliphatic carbocycles. The minimum Gasteiger partial charge on any atom is -0.310 e. The third-order valence-electron chi connectivity index (χ3n) is 2.51. The zero-order chi connectivity index (χ0) is 12.1. The van der Waals surface area contributed by atoms with E-state index in [0.29, 0.717) is 10.4 Å². The number of nitrogens with one attached hydrogen (secondary N) is 1. The normalized spacial score (nSPS) is 13.1. The Morgan fingerprint density at radius 1 is 1.38 bits per heavy atom. The van der Waals surface area contributed by atoms with Crippen LogP contribution in [0, 0.1) is 11.7 Å². The standard InChI is InChI=1S/C13H19BrFN/c1-4-16-12(8-9(2)3)10-6-5-7-11(14)13(10)15/h5-7,9,12,16H,4,8H2,1-3H3. The second-order valence-corrected chi connectivity index (χ2v) is 5.24. The number of halogens is 2. The van der Waals surface area contributed by atoms with Crippen molar-refractivity contribution in [2.75, 3.05) is 6.54 Å². The molecule has 1 aromatic rings. The minimum absolute atomic E-state index is 0.0995. The minimum atomic E-state index is -0.144. The molecule has 1 atom stereocenters. The molecule has 0 aliphatic heterocycles. The molecule has 0 spiro atoms. The average Bonchev–Trinajstić information content (AvgIpc) is 2.21. The Labute approximate surface area is 106 Å². The van der Waals surface area contributed by atoms with Gasteiger partial charge < -0.3 is 5.32 Å². The zero-order valence-corrected chi connectivity index (χ0v) is 11.6. The van der Waals surface area contributed by atoms with Crippen LogP contribution in [0.2, 0.25) is 0 Å². The number of hydrogen-bond acceptors (Lipinski definition) is 1. The molecule has 1 nitrogen and oxygen atoms in total. The Balaban J connectivity index is 2.96. The molecule has 0 aliphatic rings. The summed E-state index contributed by atoms with van der Waals surface area (Å²) in [4.78, 5) is 0. The van der Waals surface area contributed by atoms with Crippen molar-refractivity contribution in [2.45, 2.75) is 33.2 Å². The van der Waals surface area contributed by atoms with Crippen molar-refractivity contribution in [3.05, 3.63) is 34.1 Å². The van der Waals surface area contributed by atoms with Gasteiger partial charge in [0.05, 0.1) is 4.47 Å². The number of benzene rings is 1. The number of rotatable bonds is 5. The summed E-state index contributed by atoms with van der Waals surface area (Å²) in [6.07, 6.45) is 0.946. The molecule has 1 unspecified atom stereocenters. The lowest BCUT2D eigenvalue weighted by molar-refractivity contribution is 0.423. The Morgan fingerprint density at radius 2 is 2.06 bits per heavy atom. The van der Waals surface area contributed by atoms with Crippen LogP contribution in [0.15, 0.2) is 22.7 Å². The average molecular weight is 288 g/mol. The van der Waals surface area contributed by atoms with Crippen LogP contribution in [-0.4, -0.2) is 6.54 Å². The molecule has 1 rings (SSSR count). The highest BCUT2D eigenvalue weighted by atomic mass is 79.9. The molecule has 0 saturated heterocycles.